The number of aromatic nitrogens is 4. The topological polar surface area (TPSA) is 54.8 Å². The van der Waals surface area contributed by atoms with Crippen LogP contribution in [-0.2, 0) is 0 Å². The van der Waals surface area contributed by atoms with Gasteiger partial charge in [-0.1, -0.05) is 0 Å². The van der Waals surface area contributed by atoms with E-state index in [2.05, 4.69) is 24.8 Å². The maximum absolute atomic E-state index is 4.56. The lowest BCUT2D eigenvalue weighted by Gasteiger charge is -2.24. The number of aryl methyl sites for hydroxylation is 2. The molecule has 0 radical (unpaired) electrons. The van der Waals surface area contributed by atoms with Crippen LogP contribution in [0.15, 0.2) is 24.7 Å². The van der Waals surface area contributed by atoms with E-state index in [1.54, 1.807) is 6.33 Å². The predicted molar refractivity (Wildman–Crippen MR) is 72.9 cm³/mol. The van der Waals surface area contributed by atoms with Gasteiger partial charge in [0.05, 0.1) is 6.04 Å². The van der Waals surface area contributed by atoms with Gasteiger partial charge in [0.15, 0.2) is 5.82 Å². The Balaban J connectivity index is 1.93. The highest BCUT2D eigenvalue weighted by molar-refractivity contribution is 5.42. The van der Waals surface area contributed by atoms with Crippen LogP contribution in [-0.4, -0.2) is 26.5 Å². The summed E-state index contributed by atoms with van der Waals surface area (Å²) in [5.74, 6) is 1.87. The molecule has 0 aliphatic carbocycles. The lowest BCUT2D eigenvalue weighted by molar-refractivity contribution is 0.655. The lowest BCUT2D eigenvalue weighted by atomic mass is 10.2. The third kappa shape index (κ3) is 2.41. The van der Waals surface area contributed by atoms with Crippen molar-refractivity contribution in [2.45, 2.75) is 32.7 Å². The summed E-state index contributed by atoms with van der Waals surface area (Å²) in [6.07, 6.45) is 5.67. The Morgan fingerprint density at radius 3 is 2.84 bits per heavy atom. The Morgan fingerprint density at radius 1 is 1.16 bits per heavy atom. The van der Waals surface area contributed by atoms with Crippen molar-refractivity contribution in [2.75, 3.05) is 11.4 Å². The van der Waals surface area contributed by atoms with Crippen LogP contribution in [0, 0.1) is 13.8 Å². The molecule has 1 saturated heterocycles. The van der Waals surface area contributed by atoms with E-state index in [0.29, 0.717) is 0 Å². The number of hydrogen-bond donors (Lipinski definition) is 0. The fourth-order valence-electron chi connectivity index (χ4n) is 2.54. The molecule has 3 heterocycles. The highest BCUT2D eigenvalue weighted by Gasteiger charge is 2.29. The van der Waals surface area contributed by atoms with Crippen molar-refractivity contribution >= 4 is 5.82 Å². The largest absolute Gasteiger partial charge is 0.346 e. The fourth-order valence-corrected chi connectivity index (χ4v) is 2.54. The van der Waals surface area contributed by atoms with Crippen LogP contribution in [0.5, 0.6) is 0 Å². The van der Waals surface area contributed by atoms with Crippen LogP contribution in [0.25, 0.3) is 0 Å². The van der Waals surface area contributed by atoms with Crippen LogP contribution in [0.3, 0.4) is 0 Å². The SMILES string of the molecule is Cc1cc(N2CCC[C@@H]2c2nccc(C)n2)ncn1. The first-order valence-electron chi connectivity index (χ1n) is 6.59. The second-order valence-electron chi connectivity index (χ2n) is 4.93. The molecule has 5 nitrogen and oxygen atoms in total. The molecule has 2 aromatic heterocycles. The number of anilines is 1. The summed E-state index contributed by atoms with van der Waals surface area (Å²) in [5.41, 5.74) is 2.00. The molecule has 19 heavy (non-hydrogen) atoms. The molecule has 1 fully saturated rings. The summed E-state index contributed by atoms with van der Waals surface area (Å²) in [4.78, 5) is 19.8. The first-order valence-corrected chi connectivity index (χ1v) is 6.59. The zero-order valence-corrected chi connectivity index (χ0v) is 11.2. The van der Waals surface area contributed by atoms with Crippen molar-refractivity contribution in [3.05, 3.63) is 41.9 Å². The van der Waals surface area contributed by atoms with E-state index in [9.17, 15) is 0 Å². The van der Waals surface area contributed by atoms with Gasteiger partial charge in [-0.05, 0) is 32.8 Å². The quantitative estimate of drug-likeness (QED) is 0.823. The molecule has 1 aliphatic rings. The van der Waals surface area contributed by atoms with Gasteiger partial charge < -0.3 is 4.90 Å². The Labute approximate surface area is 112 Å². The number of rotatable bonds is 2. The van der Waals surface area contributed by atoms with Crippen molar-refractivity contribution in [2.24, 2.45) is 0 Å². The van der Waals surface area contributed by atoms with Crippen molar-refractivity contribution in [1.82, 2.24) is 19.9 Å². The summed E-state index contributed by atoms with van der Waals surface area (Å²) in [5, 5.41) is 0. The minimum absolute atomic E-state index is 0.231. The molecule has 0 saturated carbocycles. The number of hydrogen-bond acceptors (Lipinski definition) is 5. The van der Waals surface area contributed by atoms with Gasteiger partial charge in [0.2, 0.25) is 0 Å². The standard InChI is InChI=1S/C14H17N5/c1-10-5-6-15-14(18-10)12-4-3-7-19(12)13-8-11(2)16-9-17-13/h5-6,8-9,12H,3-4,7H2,1-2H3/t12-/m1/s1. The molecule has 0 unspecified atom stereocenters. The molecule has 0 bridgehead atoms. The average molecular weight is 255 g/mol. The van der Waals surface area contributed by atoms with Gasteiger partial charge in [0.25, 0.3) is 0 Å². The highest BCUT2D eigenvalue weighted by Crippen LogP contribution is 2.33. The summed E-state index contributed by atoms with van der Waals surface area (Å²) >= 11 is 0. The smallest absolute Gasteiger partial charge is 0.150 e. The maximum atomic E-state index is 4.56. The molecule has 0 aromatic carbocycles. The van der Waals surface area contributed by atoms with Crippen LogP contribution in [0.4, 0.5) is 5.82 Å². The molecular formula is C14H17N5. The van der Waals surface area contributed by atoms with Crippen molar-refractivity contribution < 1.29 is 0 Å². The Bertz CT molecular complexity index is 532. The minimum atomic E-state index is 0.231. The second kappa shape index (κ2) is 4.91. The molecule has 0 N–H and O–H groups in total. The molecule has 5 heteroatoms. The molecule has 1 aliphatic heterocycles. The monoisotopic (exact) mass is 255 g/mol. The Morgan fingerprint density at radius 2 is 2.05 bits per heavy atom. The number of nitrogens with zero attached hydrogens (tertiary/aromatic N) is 5. The zero-order valence-electron chi connectivity index (χ0n) is 11.2. The summed E-state index contributed by atoms with van der Waals surface area (Å²) < 4.78 is 0. The van der Waals surface area contributed by atoms with Gasteiger partial charge in [-0.15, -0.1) is 0 Å². The van der Waals surface area contributed by atoms with Crippen LogP contribution in [0.1, 0.15) is 36.1 Å². The van der Waals surface area contributed by atoms with Crippen LogP contribution >= 0.6 is 0 Å². The third-order valence-corrected chi connectivity index (χ3v) is 3.45. The molecule has 98 valence electrons. The first-order chi connectivity index (χ1) is 9.24. The van der Waals surface area contributed by atoms with E-state index in [-0.39, 0.29) is 6.04 Å². The summed E-state index contributed by atoms with van der Waals surface area (Å²) in [6, 6.07) is 4.18. The van der Waals surface area contributed by atoms with E-state index in [4.69, 9.17) is 0 Å². The van der Waals surface area contributed by atoms with Gasteiger partial charge >= 0.3 is 0 Å². The zero-order chi connectivity index (χ0) is 13.2. The second-order valence-corrected chi connectivity index (χ2v) is 4.93. The highest BCUT2D eigenvalue weighted by atomic mass is 15.3. The Kier molecular flexibility index (Phi) is 3.11. The summed E-state index contributed by atoms with van der Waals surface area (Å²) in [6.45, 7) is 4.98. The van der Waals surface area contributed by atoms with Gasteiger partial charge in [-0.25, -0.2) is 19.9 Å². The van der Waals surface area contributed by atoms with Crippen molar-refractivity contribution in [1.29, 1.82) is 0 Å². The molecule has 3 rings (SSSR count). The van der Waals surface area contributed by atoms with Crippen LogP contribution in [0.2, 0.25) is 0 Å². The van der Waals surface area contributed by atoms with Crippen molar-refractivity contribution in [3.8, 4) is 0 Å². The van der Waals surface area contributed by atoms with E-state index in [1.165, 1.54) is 0 Å². The molecular weight excluding hydrogens is 238 g/mol. The average Bonchev–Trinajstić information content (AvgIpc) is 2.88. The van der Waals surface area contributed by atoms with E-state index in [1.807, 2.05) is 32.2 Å². The lowest BCUT2D eigenvalue weighted by Crippen LogP contribution is -2.25. The fraction of sp³-hybridized carbons (Fsp3) is 0.429. The van der Waals surface area contributed by atoms with Gasteiger partial charge in [0, 0.05) is 30.2 Å². The van der Waals surface area contributed by atoms with Gasteiger partial charge in [-0.2, -0.15) is 0 Å². The Hall–Kier alpha value is -2.04. The van der Waals surface area contributed by atoms with E-state index >= 15 is 0 Å². The third-order valence-electron chi connectivity index (χ3n) is 3.45. The van der Waals surface area contributed by atoms with Crippen LogP contribution < -0.4 is 4.90 Å². The summed E-state index contributed by atoms with van der Waals surface area (Å²) in [7, 11) is 0. The van der Waals surface area contributed by atoms with Gasteiger partial charge in [0.1, 0.15) is 12.1 Å². The molecule has 2 aromatic rings. The molecule has 1 atom stereocenters. The first kappa shape index (κ1) is 12.0. The minimum Gasteiger partial charge on any atom is -0.346 e. The van der Waals surface area contributed by atoms with Gasteiger partial charge in [-0.3, -0.25) is 0 Å². The van der Waals surface area contributed by atoms with E-state index in [0.717, 1.165) is 42.4 Å². The predicted octanol–water partition coefficient (Wildman–Crippen LogP) is 2.22. The molecule has 0 amide bonds. The molecule has 0 spiro atoms. The normalized spacial score (nSPS) is 18.8. The van der Waals surface area contributed by atoms with Crippen molar-refractivity contribution in [3.63, 3.8) is 0 Å². The van der Waals surface area contributed by atoms with E-state index < -0.39 is 0 Å². The maximum Gasteiger partial charge on any atom is 0.150 e.